The Morgan fingerprint density at radius 2 is 1.41 bits per heavy atom. The molecule has 1 heterocycles. The van der Waals surface area contributed by atoms with Gasteiger partial charge in [0.1, 0.15) is 6.61 Å². The number of amides is 2. The van der Waals surface area contributed by atoms with Gasteiger partial charge in [-0.15, -0.1) is 0 Å². The summed E-state index contributed by atoms with van der Waals surface area (Å²) in [5.74, 6) is -1.16. The van der Waals surface area contributed by atoms with E-state index >= 15 is 0 Å². The van der Waals surface area contributed by atoms with Crippen molar-refractivity contribution in [3.63, 3.8) is 0 Å². The lowest BCUT2D eigenvalue weighted by Gasteiger charge is -2.16. The van der Waals surface area contributed by atoms with E-state index in [2.05, 4.69) is 0 Å². The topological polar surface area (TPSA) is 72.9 Å². The SMILES string of the molecule is CC.O=C(OCC1c2ccccc2-c2ccccc21)ON1C(=O)CCC1=O. The van der Waals surface area contributed by atoms with Crippen molar-refractivity contribution in [1.82, 2.24) is 5.06 Å². The highest BCUT2D eigenvalue weighted by Gasteiger charge is 2.34. The van der Waals surface area contributed by atoms with Crippen molar-refractivity contribution >= 4 is 18.0 Å². The van der Waals surface area contributed by atoms with Gasteiger partial charge in [-0.05, 0) is 22.3 Å². The smallest absolute Gasteiger partial charge is 0.432 e. The minimum Gasteiger partial charge on any atom is -0.432 e. The third kappa shape index (κ3) is 3.56. The van der Waals surface area contributed by atoms with Crippen LogP contribution in [0.15, 0.2) is 48.5 Å². The molecule has 2 amide bonds. The Labute approximate surface area is 157 Å². The molecule has 0 spiro atoms. The number of hydrogen-bond donors (Lipinski definition) is 0. The zero-order valence-electron chi connectivity index (χ0n) is 15.3. The van der Waals surface area contributed by atoms with Gasteiger partial charge in [0.2, 0.25) is 0 Å². The standard InChI is InChI=1S/C19H15NO5.C2H6/c21-17-9-10-18(22)20(17)25-19(23)24-11-16-14-7-3-1-5-12(14)13-6-2-4-8-15(13)16;1-2/h1-8,16H,9-11H2;1-2H3. The molecule has 2 aliphatic rings. The second-order valence-electron chi connectivity index (χ2n) is 5.96. The lowest BCUT2D eigenvalue weighted by molar-refractivity contribution is -0.177. The van der Waals surface area contributed by atoms with Crippen molar-refractivity contribution in [2.24, 2.45) is 0 Å². The maximum atomic E-state index is 11.9. The van der Waals surface area contributed by atoms with E-state index in [1.165, 1.54) is 0 Å². The highest BCUT2D eigenvalue weighted by molar-refractivity contribution is 6.01. The molecule has 2 aromatic carbocycles. The molecule has 0 atom stereocenters. The highest BCUT2D eigenvalue weighted by atomic mass is 16.8. The Morgan fingerprint density at radius 3 is 1.93 bits per heavy atom. The summed E-state index contributed by atoms with van der Waals surface area (Å²) in [6.07, 6.45) is -0.948. The van der Waals surface area contributed by atoms with Crippen LogP contribution in [0.2, 0.25) is 0 Å². The molecule has 0 unspecified atom stereocenters. The van der Waals surface area contributed by atoms with Crippen LogP contribution in [0.3, 0.4) is 0 Å². The molecule has 1 aliphatic carbocycles. The summed E-state index contributed by atoms with van der Waals surface area (Å²) >= 11 is 0. The van der Waals surface area contributed by atoms with Crippen molar-refractivity contribution in [3.05, 3.63) is 59.7 Å². The second-order valence-corrected chi connectivity index (χ2v) is 5.96. The number of carbonyl (C=O) groups is 3. The Kier molecular flexibility index (Phi) is 5.54. The third-order valence-electron chi connectivity index (χ3n) is 4.50. The van der Waals surface area contributed by atoms with E-state index in [1.54, 1.807) is 0 Å². The summed E-state index contributed by atoms with van der Waals surface area (Å²) in [5, 5.41) is 0.485. The zero-order chi connectivity index (χ0) is 19.4. The number of fused-ring (bicyclic) bond motifs is 3. The van der Waals surface area contributed by atoms with Crippen LogP contribution >= 0.6 is 0 Å². The number of ether oxygens (including phenoxy) is 1. The fraction of sp³-hybridized carbons (Fsp3) is 0.286. The average molecular weight is 367 g/mol. The van der Waals surface area contributed by atoms with Crippen LogP contribution in [0.5, 0.6) is 0 Å². The lowest BCUT2D eigenvalue weighted by atomic mass is 9.98. The first-order chi connectivity index (χ1) is 13.1. The number of carbonyl (C=O) groups excluding carboxylic acids is 3. The molecule has 2 aromatic rings. The Bertz CT molecular complexity index is 815. The maximum Gasteiger partial charge on any atom is 0.533 e. The van der Waals surface area contributed by atoms with E-state index in [1.807, 2.05) is 62.4 Å². The average Bonchev–Trinajstić information content (AvgIpc) is 3.20. The predicted octanol–water partition coefficient (Wildman–Crippen LogP) is 4.04. The summed E-state index contributed by atoms with van der Waals surface area (Å²) in [5.41, 5.74) is 4.38. The first-order valence-corrected chi connectivity index (χ1v) is 9.04. The third-order valence-corrected chi connectivity index (χ3v) is 4.50. The van der Waals surface area contributed by atoms with Gasteiger partial charge in [0.25, 0.3) is 11.8 Å². The van der Waals surface area contributed by atoms with Crippen molar-refractivity contribution in [1.29, 1.82) is 0 Å². The number of hydrogen-bond acceptors (Lipinski definition) is 5. The van der Waals surface area contributed by atoms with E-state index in [0.29, 0.717) is 5.06 Å². The molecule has 0 bridgehead atoms. The summed E-state index contributed by atoms with van der Waals surface area (Å²) in [4.78, 5) is 39.6. The van der Waals surface area contributed by atoms with Crippen LogP contribution in [0.4, 0.5) is 4.79 Å². The molecule has 0 N–H and O–H groups in total. The number of imide groups is 1. The van der Waals surface area contributed by atoms with Gasteiger partial charge in [0, 0.05) is 18.8 Å². The van der Waals surface area contributed by atoms with E-state index < -0.39 is 18.0 Å². The fourth-order valence-electron chi connectivity index (χ4n) is 3.35. The minimum absolute atomic E-state index is 0.0511. The van der Waals surface area contributed by atoms with Crippen LogP contribution in [-0.2, 0) is 19.2 Å². The summed E-state index contributed by atoms with van der Waals surface area (Å²) < 4.78 is 5.19. The molecule has 27 heavy (non-hydrogen) atoms. The van der Waals surface area contributed by atoms with Crippen LogP contribution in [0.1, 0.15) is 43.7 Å². The molecule has 6 heteroatoms. The first kappa shape index (κ1) is 18.6. The minimum atomic E-state index is -1.05. The summed E-state index contributed by atoms with van der Waals surface area (Å²) in [6, 6.07) is 15.9. The number of benzene rings is 2. The molecular formula is C21H21NO5. The Balaban J connectivity index is 0.00000102. The van der Waals surface area contributed by atoms with Gasteiger partial charge in [-0.3, -0.25) is 14.4 Å². The zero-order valence-corrected chi connectivity index (χ0v) is 15.3. The van der Waals surface area contributed by atoms with Gasteiger partial charge >= 0.3 is 6.16 Å². The molecule has 1 saturated heterocycles. The number of hydroxylamine groups is 2. The monoisotopic (exact) mass is 367 g/mol. The normalized spacial score (nSPS) is 15.0. The summed E-state index contributed by atoms with van der Waals surface area (Å²) in [7, 11) is 0. The van der Waals surface area contributed by atoms with Crippen LogP contribution in [-0.4, -0.2) is 29.6 Å². The molecule has 4 rings (SSSR count). The van der Waals surface area contributed by atoms with Crippen molar-refractivity contribution in [3.8, 4) is 11.1 Å². The molecule has 0 saturated carbocycles. The first-order valence-electron chi connectivity index (χ1n) is 9.04. The highest BCUT2D eigenvalue weighted by Crippen LogP contribution is 2.44. The number of nitrogens with zero attached hydrogens (tertiary/aromatic N) is 1. The van der Waals surface area contributed by atoms with Crippen molar-refractivity contribution in [2.75, 3.05) is 6.61 Å². The van der Waals surface area contributed by atoms with Crippen LogP contribution in [0, 0.1) is 0 Å². The molecule has 1 fully saturated rings. The van der Waals surface area contributed by atoms with Crippen molar-refractivity contribution < 1.29 is 24.0 Å². The molecule has 0 radical (unpaired) electrons. The molecule has 6 nitrogen and oxygen atoms in total. The number of rotatable bonds is 3. The van der Waals surface area contributed by atoms with Gasteiger partial charge < -0.3 is 4.74 Å². The van der Waals surface area contributed by atoms with Crippen LogP contribution in [0.25, 0.3) is 11.1 Å². The quantitative estimate of drug-likeness (QED) is 0.605. The van der Waals surface area contributed by atoms with E-state index in [0.717, 1.165) is 22.3 Å². The summed E-state index contributed by atoms with van der Waals surface area (Å²) in [6.45, 7) is 4.07. The Hall–Kier alpha value is -3.15. The molecule has 0 aromatic heterocycles. The molecular weight excluding hydrogens is 346 g/mol. The van der Waals surface area contributed by atoms with Crippen LogP contribution < -0.4 is 0 Å². The van der Waals surface area contributed by atoms with Gasteiger partial charge in [-0.1, -0.05) is 67.4 Å². The van der Waals surface area contributed by atoms with E-state index in [9.17, 15) is 14.4 Å². The van der Waals surface area contributed by atoms with E-state index in [4.69, 9.17) is 9.57 Å². The van der Waals surface area contributed by atoms with Gasteiger partial charge in [-0.25, -0.2) is 4.79 Å². The largest absolute Gasteiger partial charge is 0.533 e. The molecule has 140 valence electrons. The van der Waals surface area contributed by atoms with Gasteiger partial charge in [0.05, 0.1) is 0 Å². The predicted molar refractivity (Wildman–Crippen MR) is 98.6 cm³/mol. The Morgan fingerprint density at radius 1 is 0.926 bits per heavy atom. The van der Waals surface area contributed by atoms with E-state index in [-0.39, 0.29) is 25.4 Å². The van der Waals surface area contributed by atoms with Crippen molar-refractivity contribution in [2.45, 2.75) is 32.6 Å². The molecule has 1 aliphatic heterocycles. The fourth-order valence-corrected chi connectivity index (χ4v) is 3.35. The lowest BCUT2D eigenvalue weighted by Crippen LogP contribution is -2.32. The maximum absolute atomic E-state index is 11.9. The second kappa shape index (κ2) is 8.03. The van der Waals surface area contributed by atoms with Gasteiger partial charge in [0.15, 0.2) is 0 Å². The van der Waals surface area contributed by atoms with Gasteiger partial charge in [-0.2, -0.15) is 0 Å².